The molecule has 0 saturated carbocycles. The van der Waals surface area contributed by atoms with Crippen LogP contribution in [0.3, 0.4) is 0 Å². The highest BCUT2D eigenvalue weighted by atomic mass is 35.5. The number of carbonyl (C=O) groups is 1. The van der Waals surface area contributed by atoms with Crippen molar-refractivity contribution in [3.63, 3.8) is 0 Å². The first-order valence-corrected chi connectivity index (χ1v) is 10.4. The van der Waals surface area contributed by atoms with Crippen molar-refractivity contribution in [3.05, 3.63) is 34.5 Å². The lowest BCUT2D eigenvalue weighted by molar-refractivity contribution is 0.0291. The first kappa shape index (κ1) is 16.9. The summed E-state index contributed by atoms with van der Waals surface area (Å²) >= 11 is 6.23. The van der Waals surface area contributed by atoms with E-state index < -0.39 is 15.1 Å². The van der Waals surface area contributed by atoms with Crippen LogP contribution < -0.4 is 0 Å². The van der Waals surface area contributed by atoms with E-state index in [-0.39, 0.29) is 30.9 Å². The largest absolute Gasteiger partial charge is 0.380 e. The van der Waals surface area contributed by atoms with Gasteiger partial charge in [0.05, 0.1) is 28.9 Å². The molecule has 2 unspecified atom stereocenters. The van der Waals surface area contributed by atoms with Gasteiger partial charge in [-0.2, -0.15) is 0 Å². The van der Waals surface area contributed by atoms with E-state index in [1.807, 2.05) is 19.1 Å². The summed E-state index contributed by atoms with van der Waals surface area (Å²) in [5.41, 5.74) is 2.05. The zero-order chi connectivity index (χ0) is 17.8. The first-order chi connectivity index (χ1) is 11.9. The normalized spacial score (nSPS) is 25.8. The summed E-state index contributed by atoms with van der Waals surface area (Å²) in [7, 11) is -3.22. The van der Waals surface area contributed by atoms with Gasteiger partial charge < -0.3 is 14.6 Å². The summed E-state index contributed by atoms with van der Waals surface area (Å²) in [6.45, 7) is 2.72. The summed E-state index contributed by atoms with van der Waals surface area (Å²) in [6, 6.07) is 5.21. The highest BCUT2D eigenvalue weighted by Crippen LogP contribution is 2.31. The fraction of sp³-hybridized carbons (Fsp3) is 0.471. The third kappa shape index (κ3) is 2.65. The van der Waals surface area contributed by atoms with Gasteiger partial charge in [0.2, 0.25) is 0 Å². The average molecular weight is 383 g/mol. The number of aryl methyl sites for hydroxylation is 1. The minimum Gasteiger partial charge on any atom is -0.380 e. The molecule has 134 valence electrons. The fourth-order valence-corrected chi connectivity index (χ4v) is 5.91. The van der Waals surface area contributed by atoms with Crippen LogP contribution in [0, 0.1) is 6.92 Å². The van der Waals surface area contributed by atoms with Crippen molar-refractivity contribution >= 4 is 38.2 Å². The molecule has 1 aromatic heterocycles. The summed E-state index contributed by atoms with van der Waals surface area (Å²) in [6.07, 6.45) is 0.537. The minimum atomic E-state index is -3.22. The SMILES string of the molecule is Cc1c(C(=O)N2CCS(=O)(=O)C3COCCC32)[nH]c2c(Cl)cccc12. The quantitative estimate of drug-likeness (QED) is 0.819. The molecule has 1 N–H and O–H groups in total. The van der Waals surface area contributed by atoms with Crippen molar-refractivity contribution in [3.8, 4) is 0 Å². The van der Waals surface area contributed by atoms with Crippen LogP contribution in [0.25, 0.3) is 10.9 Å². The van der Waals surface area contributed by atoms with Crippen LogP contribution in [0.1, 0.15) is 22.5 Å². The second-order valence-corrected chi connectivity index (χ2v) is 9.37. The molecule has 2 aromatic rings. The lowest BCUT2D eigenvalue weighted by atomic mass is 10.0. The molecule has 2 aliphatic heterocycles. The molecular weight excluding hydrogens is 364 g/mol. The Hall–Kier alpha value is -1.57. The summed E-state index contributed by atoms with van der Waals surface area (Å²) in [5, 5.41) is 0.834. The van der Waals surface area contributed by atoms with Gasteiger partial charge in [-0.1, -0.05) is 23.7 Å². The molecule has 1 amide bonds. The van der Waals surface area contributed by atoms with Crippen LogP contribution >= 0.6 is 11.6 Å². The maximum absolute atomic E-state index is 13.2. The number of rotatable bonds is 1. The van der Waals surface area contributed by atoms with E-state index in [0.717, 1.165) is 16.5 Å². The Morgan fingerprint density at radius 1 is 1.40 bits per heavy atom. The van der Waals surface area contributed by atoms with E-state index in [1.54, 1.807) is 11.0 Å². The van der Waals surface area contributed by atoms with Gasteiger partial charge in [0.1, 0.15) is 10.9 Å². The van der Waals surface area contributed by atoms with Crippen LogP contribution in [0.4, 0.5) is 0 Å². The predicted molar refractivity (Wildman–Crippen MR) is 95.9 cm³/mol. The number of carbonyl (C=O) groups excluding carboxylic acids is 1. The monoisotopic (exact) mass is 382 g/mol. The Morgan fingerprint density at radius 3 is 2.96 bits per heavy atom. The highest BCUT2D eigenvalue weighted by molar-refractivity contribution is 7.92. The van der Waals surface area contributed by atoms with Gasteiger partial charge in [-0.25, -0.2) is 8.42 Å². The number of nitrogens with one attached hydrogen (secondary N) is 1. The number of fused-ring (bicyclic) bond motifs is 2. The Morgan fingerprint density at radius 2 is 2.20 bits per heavy atom. The molecule has 2 saturated heterocycles. The molecule has 4 rings (SSSR count). The molecule has 0 radical (unpaired) electrons. The number of aromatic amines is 1. The van der Waals surface area contributed by atoms with E-state index in [1.165, 1.54) is 0 Å². The van der Waals surface area contributed by atoms with Crippen molar-refractivity contribution in [2.24, 2.45) is 0 Å². The molecule has 0 aliphatic carbocycles. The minimum absolute atomic E-state index is 0.0245. The Bertz CT molecular complexity index is 953. The number of sulfone groups is 1. The van der Waals surface area contributed by atoms with E-state index >= 15 is 0 Å². The number of hydrogen-bond donors (Lipinski definition) is 1. The third-order valence-electron chi connectivity index (χ3n) is 5.26. The molecule has 25 heavy (non-hydrogen) atoms. The van der Waals surface area contributed by atoms with E-state index in [2.05, 4.69) is 4.98 Å². The predicted octanol–water partition coefficient (Wildman–Crippen LogP) is 2.16. The van der Waals surface area contributed by atoms with Gasteiger partial charge in [0.15, 0.2) is 9.84 Å². The number of hydrogen-bond acceptors (Lipinski definition) is 4. The van der Waals surface area contributed by atoms with Crippen LogP contribution in [0.5, 0.6) is 0 Å². The first-order valence-electron chi connectivity index (χ1n) is 8.27. The zero-order valence-electron chi connectivity index (χ0n) is 13.8. The standard InChI is InChI=1S/C17H19ClN2O4S/c1-10-11-3-2-4-12(18)16(11)19-15(10)17(21)20-6-8-25(22,23)14-9-24-7-5-13(14)20/h2-4,13-14,19H,5-9H2,1H3. The van der Waals surface area contributed by atoms with Crippen LogP contribution in [0.2, 0.25) is 5.02 Å². The topological polar surface area (TPSA) is 79.5 Å². The smallest absolute Gasteiger partial charge is 0.270 e. The van der Waals surface area contributed by atoms with E-state index in [4.69, 9.17) is 16.3 Å². The summed E-state index contributed by atoms with van der Waals surface area (Å²) in [5.74, 6) is -0.194. The summed E-state index contributed by atoms with van der Waals surface area (Å²) < 4.78 is 30.0. The van der Waals surface area contributed by atoms with Crippen molar-refractivity contribution in [1.82, 2.24) is 9.88 Å². The van der Waals surface area contributed by atoms with Gasteiger partial charge in [-0.05, 0) is 25.0 Å². The number of benzene rings is 1. The van der Waals surface area contributed by atoms with Gasteiger partial charge in [0, 0.05) is 18.5 Å². The number of ether oxygens (including phenoxy) is 1. The van der Waals surface area contributed by atoms with Crippen LogP contribution in [0.15, 0.2) is 18.2 Å². The molecule has 3 heterocycles. The lowest BCUT2D eigenvalue weighted by Gasteiger charge is -2.43. The van der Waals surface area contributed by atoms with Crippen molar-refractivity contribution in [1.29, 1.82) is 0 Å². The number of para-hydroxylation sites is 1. The van der Waals surface area contributed by atoms with Gasteiger partial charge in [-0.15, -0.1) is 0 Å². The van der Waals surface area contributed by atoms with E-state index in [9.17, 15) is 13.2 Å². The Kier molecular flexibility index (Phi) is 4.05. The maximum atomic E-state index is 13.2. The van der Waals surface area contributed by atoms with Crippen molar-refractivity contribution in [2.45, 2.75) is 24.6 Å². The maximum Gasteiger partial charge on any atom is 0.270 e. The molecule has 6 nitrogen and oxygen atoms in total. The van der Waals surface area contributed by atoms with Crippen LogP contribution in [-0.2, 0) is 14.6 Å². The molecule has 2 atom stereocenters. The van der Waals surface area contributed by atoms with Gasteiger partial charge >= 0.3 is 0 Å². The third-order valence-corrected chi connectivity index (χ3v) is 7.70. The second kappa shape index (κ2) is 6.00. The lowest BCUT2D eigenvalue weighted by Crippen LogP contribution is -2.60. The molecule has 2 aliphatic rings. The fourth-order valence-electron chi connectivity index (χ4n) is 3.87. The molecule has 2 fully saturated rings. The number of aromatic nitrogens is 1. The number of halogens is 1. The Balaban J connectivity index is 1.74. The van der Waals surface area contributed by atoms with Gasteiger partial charge in [-0.3, -0.25) is 4.79 Å². The van der Waals surface area contributed by atoms with Crippen LogP contribution in [-0.4, -0.2) is 61.0 Å². The summed E-state index contributed by atoms with van der Waals surface area (Å²) in [4.78, 5) is 18.0. The van der Waals surface area contributed by atoms with Gasteiger partial charge in [0.25, 0.3) is 5.91 Å². The highest BCUT2D eigenvalue weighted by Gasteiger charge is 2.45. The van der Waals surface area contributed by atoms with Crippen molar-refractivity contribution < 1.29 is 17.9 Å². The molecule has 0 spiro atoms. The molecule has 0 bridgehead atoms. The molecule has 8 heteroatoms. The molecular formula is C17H19ClN2O4S. The number of amides is 1. The average Bonchev–Trinajstić information content (AvgIpc) is 2.93. The second-order valence-electron chi connectivity index (χ2n) is 6.62. The van der Waals surface area contributed by atoms with Crippen molar-refractivity contribution in [2.75, 3.05) is 25.5 Å². The number of nitrogens with zero attached hydrogens (tertiary/aromatic N) is 1. The zero-order valence-corrected chi connectivity index (χ0v) is 15.4. The Labute approximate surface area is 151 Å². The van der Waals surface area contributed by atoms with E-state index in [0.29, 0.717) is 23.7 Å². The number of H-pyrrole nitrogens is 1. The molecule has 1 aromatic carbocycles.